The van der Waals surface area contributed by atoms with E-state index in [1.165, 1.54) is 90.1 Å². The fourth-order valence-electron chi connectivity index (χ4n) is 6.09. The summed E-state index contributed by atoms with van der Waals surface area (Å²) in [4.78, 5) is 10.3. The van der Waals surface area contributed by atoms with E-state index in [1.54, 1.807) is 0 Å². The van der Waals surface area contributed by atoms with Crippen molar-refractivity contribution in [2.24, 2.45) is 0 Å². The molecule has 1 N–H and O–H groups in total. The number of hydrogen-bond donors (Lipinski definition) is 1. The maximum atomic E-state index is 4.24. The summed E-state index contributed by atoms with van der Waals surface area (Å²) >= 11 is 0. The summed E-state index contributed by atoms with van der Waals surface area (Å²) in [5.74, 6) is 0. The number of unbranched alkanes of at least 4 members (excludes halogenated alkanes) is 2. The van der Waals surface area contributed by atoms with Crippen LogP contribution in [0.1, 0.15) is 90.9 Å². The number of hydrogen-bond acceptors (Lipinski definition) is 5. The molecule has 176 valence electrons. The Morgan fingerprint density at radius 3 is 1.55 bits per heavy atom. The molecule has 0 spiro atoms. The molecule has 2 heterocycles. The second kappa shape index (κ2) is 11.5. The van der Waals surface area contributed by atoms with Crippen molar-refractivity contribution in [2.75, 3.05) is 26.4 Å². The van der Waals surface area contributed by atoms with E-state index in [0.29, 0.717) is 24.2 Å². The van der Waals surface area contributed by atoms with Crippen LogP contribution in [-0.4, -0.2) is 70.2 Å². The first kappa shape index (κ1) is 22.8. The van der Waals surface area contributed by atoms with Crippen LogP contribution in [0.5, 0.6) is 0 Å². The highest BCUT2D eigenvalue weighted by atomic mass is 15.4. The smallest absolute Gasteiger partial charge is 0.0897 e. The molecular formula is C26H47N5. The fourth-order valence-corrected chi connectivity index (χ4v) is 6.09. The Morgan fingerprint density at radius 2 is 1.10 bits per heavy atom. The van der Waals surface area contributed by atoms with Gasteiger partial charge in [-0.15, -0.1) is 0 Å². The van der Waals surface area contributed by atoms with Crippen LogP contribution in [0.2, 0.25) is 0 Å². The SMILES string of the molecule is CCCCN1C=CN(C2CCCCC2NC2CCCCC2N2C=CN(CCCC)C2)C1. The molecule has 5 nitrogen and oxygen atoms in total. The minimum absolute atomic E-state index is 0.637. The van der Waals surface area contributed by atoms with Gasteiger partial charge in [0, 0.05) is 62.1 Å². The van der Waals surface area contributed by atoms with Crippen molar-refractivity contribution in [2.45, 2.75) is 115 Å². The first-order valence-electron chi connectivity index (χ1n) is 13.4. The Labute approximate surface area is 191 Å². The van der Waals surface area contributed by atoms with Crippen LogP contribution in [0.25, 0.3) is 0 Å². The van der Waals surface area contributed by atoms with Crippen molar-refractivity contribution in [1.82, 2.24) is 24.9 Å². The summed E-state index contributed by atoms with van der Waals surface area (Å²) in [7, 11) is 0. The lowest BCUT2D eigenvalue weighted by Gasteiger charge is -2.45. The zero-order valence-electron chi connectivity index (χ0n) is 20.2. The molecule has 0 aromatic rings. The quantitative estimate of drug-likeness (QED) is 0.533. The van der Waals surface area contributed by atoms with Gasteiger partial charge in [-0.05, 0) is 38.5 Å². The van der Waals surface area contributed by atoms with Gasteiger partial charge in [-0.3, -0.25) is 0 Å². The summed E-state index contributed by atoms with van der Waals surface area (Å²) in [6.07, 6.45) is 25.5. The predicted molar refractivity (Wildman–Crippen MR) is 130 cm³/mol. The molecule has 2 aliphatic carbocycles. The summed E-state index contributed by atoms with van der Waals surface area (Å²) in [5, 5.41) is 4.24. The van der Waals surface area contributed by atoms with Gasteiger partial charge in [0.15, 0.2) is 0 Å². The van der Waals surface area contributed by atoms with Crippen LogP contribution in [-0.2, 0) is 0 Å². The third-order valence-corrected chi connectivity index (χ3v) is 7.96. The van der Waals surface area contributed by atoms with Crippen LogP contribution in [0.15, 0.2) is 24.8 Å². The number of nitrogens with one attached hydrogen (secondary N) is 1. The molecule has 2 aliphatic heterocycles. The van der Waals surface area contributed by atoms with Gasteiger partial charge >= 0.3 is 0 Å². The molecule has 0 amide bonds. The average molecular weight is 430 g/mol. The van der Waals surface area contributed by atoms with Crippen molar-refractivity contribution in [3.8, 4) is 0 Å². The van der Waals surface area contributed by atoms with Gasteiger partial charge in [0.05, 0.1) is 13.3 Å². The molecule has 2 saturated carbocycles. The highest BCUT2D eigenvalue weighted by molar-refractivity contribution is 5.03. The van der Waals surface area contributed by atoms with Crippen LogP contribution < -0.4 is 5.32 Å². The molecule has 0 bridgehead atoms. The molecule has 0 aromatic carbocycles. The Kier molecular flexibility index (Phi) is 8.46. The molecule has 4 aliphatic rings. The minimum Gasteiger partial charge on any atom is -0.359 e. The van der Waals surface area contributed by atoms with Gasteiger partial charge in [-0.25, -0.2) is 0 Å². The molecule has 0 radical (unpaired) electrons. The lowest BCUT2D eigenvalue weighted by molar-refractivity contribution is 0.0982. The third-order valence-electron chi connectivity index (χ3n) is 7.96. The van der Waals surface area contributed by atoms with E-state index >= 15 is 0 Å². The molecule has 5 heteroatoms. The normalized spacial score (nSPS) is 31.3. The maximum absolute atomic E-state index is 4.24. The molecule has 4 unspecified atom stereocenters. The Bertz CT molecular complexity index is 540. The monoisotopic (exact) mass is 429 g/mol. The fraction of sp³-hybridized carbons (Fsp3) is 0.846. The van der Waals surface area contributed by atoms with E-state index < -0.39 is 0 Å². The lowest BCUT2D eigenvalue weighted by Crippen LogP contribution is -2.58. The van der Waals surface area contributed by atoms with E-state index in [1.807, 2.05) is 0 Å². The van der Waals surface area contributed by atoms with Crippen LogP contribution in [0, 0.1) is 0 Å². The Balaban J connectivity index is 1.34. The summed E-state index contributed by atoms with van der Waals surface area (Å²) in [5.41, 5.74) is 0. The average Bonchev–Trinajstić information content (AvgIpc) is 3.47. The van der Waals surface area contributed by atoms with Gasteiger partial charge in [-0.1, -0.05) is 52.4 Å². The largest absolute Gasteiger partial charge is 0.359 e. The second-order valence-corrected chi connectivity index (χ2v) is 10.3. The molecule has 0 saturated heterocycles. The van der Waals surface area contributed by atoms with Gasteiger partial charge < -0.3 is 24.9 Å². The Hall–Kier alpha value is -1.36. The first-order valence-corrected chi connectivity index (χ1v) is 13.4. The molecule has 2 fully saturated rings. The van der Waals surface area contributed by atoms with Crippen LogP contribution in [0.4, 0.5) is 0 Å². The maximum Gasteiger partial charge on any atom is 0.0897 e. The van der Waals surface area contributed by atoms with Crippen molar-refractivity contribution in [1.29, 1.82) is 0 Å². The van der Waals surface area contributed by atoms with Crippen molar-refractivity contribution >= 4 is 0 Å². The van der Waals surface area contributed by atoms with Crippen LogP contribution in [0.3, 0.4) is 0 Å². The van der Waals surface area contributed by atoms with E-state index in [4.69, 9.17) is 0 Å². The zero-order valence-corrected chi connectivity index (χ0v) is 20.2. The second-order valence-electron chi connectivity index (χ2n) is 10.3. The molecule has 31 heavy (non-hydrogen) atoms. The first-order chi connectivity index (χ1) is 15.3. The summed E-state index contributed by atoms with van der Waals surface area (Å²) < 4.78 is 0. The Morgan fingerprint density at radius 1 is 0.645 bits per heavy atom. The number of rotatable bonds is 10. The third kappa shape index (κ3) is 5.91. The van der Waals surface area contributed by atoms with Gasteiger partial charge in [0.2, 0.25) is 0 Å². The number of nitrogens with zero attached hydrogens (tertiary/aromatic N) is 4. The lowest BCUT2D eigenvalue weighted by atomic mass is 9.85. The van der Waals surface area contributed by atoms with E-state index in [0.717, 1.165) is 13.3 Å². The predicted octanol–water partition coefficient (Wildman–Crippen LogP) is 4.89. The van der Waals surface area contributed by atoms with E-state index in [-0.39, 0.29) is 0 Å². The van der Waals surface area contributed by atoms with Gasteiger partial charge in [0.25, 0.3) is 0 Å². The van der Waals surface area contributed by atoms with Crippen molar-refractivity contribution < 1.29 is 0 Å². The van der Waals surface area contributed by atoms with E-state index in [2.05, 4.69) is 63.6 Å². The molecule has 0 aromatic heterocycles. The molecule has 4 atom stereocenters. The molecular weight excluding hydrogens is 382 g/mol. The van der Waals surface area contributed by atoms with Gasteiger partial charge in [0.1, 0.15) is 0 Å². The summed E-state index contributed by atoms with van der Waals surface area (Å²) in [6.45, 7) is 9.18. The van der Waals surface area contributed by atoms with E-state index in [9.17, 15) is 0 Å². The zero-order chi connectivity index (χ0) is 21.5. The highest BCUT2D eigenvalue weighted by Crippen LogP contribution is 2.30. The van der Waals surface area contributed by atoms with Crippen molar-refractivity contribution in [3.63, 3.8) is 0 Å². The highest BCUT2D eigenvalue weighted by Gasteiger charge is 2.36. The topological polar surface area (TPSA) is 25.0 Å². The standard InChI is InChI=1S/C26H47N5/c1-3-5-15-28-17-19-30(21-28)25-13-9-7-11-23(25)27-24-12-8-10-14-26(24)31-20-18-29(22-31)16-6-4-2/h17-20,23-27H,3-16,21-22H2,1-2H3. The molecule has 4 rings (SSSR count). The van der Waals surface area contributed by atoms with Gasteiger partial charge in [-0.2, -0.15) is 0 Å². The van der Waals surface area contributed by atoms with Crippen LogP contribution >= 0.6 is 0 Å². The van der Waals surface area contributed by atoms with Crippen molar-refractivity contribution in [3.05, 3.63) is 24.8 Å². The summed E-state index contributed by atoms with van der Waals surface area (Å²) in [6, 6.07) is 2.60. The minimum atomic E-state index is 0.637.